The highest BCUT2D eigenvalue weighted by Gasteiger charge is 2.23. The first kappa shape index (κ1) is 18.4. The highest BCUT2D eigenvalue weighted by molar-refractivity contribution is 5.61. The number of unbranched alkanes of at least 4 members (excludes halogenated alkanes) is 1. The molecule has 0 radical (unpaired) electrons. The van der Waals surface area contributed by atoms with Gasteiger partial charge in [0, 0.05) is 36.6 Å². The van der Waals surface area contributed by atoms with Crippen molar-refractivity contribution >= 4 is 23.1 Å². The van der Waals surface area contributed by atoms with Gasteiger partial charge in [-0.1, -0.05) is 13.3 Å². The average Bonchev–Trinajstić information content (AvgIpc) is 3.12. The zero-order valence-corrected chi connectivity index (χ0v) is 15.4. The molecule has 0 bridgehead atoms. The van der Waals surface area contributed by atoms with Gasteiger partial charge in [0.15, 0.2) is 0 Å². The average molecular weight is 358 g/mol. The molecule has 1 saturated heterocycles. The summed E-state index contributed by atoms with van der Waals surface area (Å²) >= 11 is 0. The molecule has 0 amide bonds. The van der Waals surface area contributed by atoms with E-state index in [0.29, 0.717) is 17.7 Å². The summed E-state index contributed by atoms with van der Waals surface area (Å²) in [5, 5.41) is 6.50. The number of nitrogens with one attached hydrogen (secondary N) is 2. The molecule has 1 aromatic heterocycles. The smallest absolute Gasteiger partial charge is 0.229 e. The summed E-state index contributed by atoms with van der Waals surface area (Å²) in [6, 6.07) is 7.11. The van der Waals surface area contributed by atoms with Crippen LogP contribution in [0.25, 0.3) is 0 Å². The molecular formula is C19H27FN6. The van der Waals surface area contributed by atoms with Crippen molar-refractivity contribution in [2.75, 3.05) is 36.1 Å². The van der Waals surface area contributed by atoms with Crippen LogP contribution < -0.4 is 21.3 Å². The zero-order chi connectivity index (χ0) is 18.5. The molecule has 3 rings (SSSR count). The van der Waals surface area contributed by atoms with Gasteiger partial charge in [-0.25, -0.2) is 9.37 Å². The molecule has 1 aliphatic heterocycles. The van der Waals surface area contributed by atoms with Gasteiger partial charge < -0.3 is 21.3 Å². The minimum atomic E-state index is -0.427. The Labute approximate surface area is 154 Å². The number of likely N-dealkylation sites (N-methyl/N-ethyl adjacent to an activating group) is 1. The second-order valence-electron chi connectivity index (χ2n) is 6.73. The van der Waals surface area contributed by atoms with E-state index >= 15 is 0 Å². The standard InChI is InChI=1S/C19H27FN6/c1-3-4-5-13-11-18(26-9-8-15(12-26)22-2)25-19(23-13)24-14-6-7-16(20)17(21)10-14/h6-7,10-11,15,22H,3-5,8-9,12,21H2,1-2H3,(H,23,24,25). The number of rotatable bonds is 7. The Bertz CT molecular complexity index is 751. The second kappa shape index (κ2) is 8.31. The second-order valence-corrected chi connectivity index (χ2v) is 6.73. The van der Waals surface area contributed by atoms with Gasteiger partial charge in [-0.2, -0.15) is 4.98 Å². The number of aryl methyl sites for hydroxylation is 1. The predicted molar refractivity (Wildman–Crippen MR) is 104 cm³/mol. The van der Waals surface area contributed by atoms with E-state index in [1.807, 2.05) is 7.05 Å². The van der Waals surface area contributed by atoms with E-state index in [9.17, 15) is 4.39 Å². The molecule has 1 aliphatic rings. The number of anilines is 4. The molecule has 0 spiro atoms. The fraction of sp³-hybridized carbons (Fsp3) is 0.474. The zero-order valence-electron chi connectivity index (χ0n) is 15.4. The van der Waals surface area contributed by atoms with Gasteiger partial charge in [0.2, 0.25) is 5.95 Å². The first-order valence-corrected chi connectivity index (χ1v) is 9.21. The van der Waals surface area contributed by atoms with Crippen LogP contribution in [0.2, 0.25) is 0 Å². The fourth-order valence-corrected chi connectivity index (χ4v) is 3.14. The maximum absolute atomic E-state index is 13.4. The topological polar surface area (TPSA) is 79.1 Å². The Hall–Kier alpha value is -2.41. The Balaban J connectivity index is 1.85. The van der Waals surface area contributed by atoms with Crippen molar-refractivity contribution in [2.45, 2.75) is 38.6 Å². The van der Waals surface area contributed by atoms with Crippen LogP contribution in [0.4, 0.5) is 27.5 Å². The molecule has 26 heavy (non-hydrogen) atoms. The number of nitrogen functional groups attached to an aromatic ring is 1. The third kappa shape index (κ3) is 4.40. The van der Waals surface area contributed by atoms with Gasteiger partial charge in [-0.05, 0) is 44.5 Å². The largest absolute Gasteiger partial charge is 0.396 e. The predicted octanol–water partition coefficient (Wildman–Crippen LogP) is 3.08. The van der Waals surface area contributed by atoms with E-state index in [1.165, 1.54) is 6.07 Å². The van der Waals surface area contributed by atoms with Crippen molar-refractivity contribution in [1.82, 2.24) is 15.3 Å². The van der Waals surface area contributed by atoms with Gasteiger partial charge >= 0.3 is 0 Å². The van der Waals surface area contributed by atoms with Crippen molar-refractivity contribution in [2.24, 2.45) is 0 Å². The van der Waals surface area contributed by atoms with E-state index in [1.54, 1.807) is 12.1 Å². The van der Waals surface area contributed by atoms with E-state index in [-0.39, 0.29) is 5.69 Å². The molecular weight excluding hydrogens is 331 g/mol. The monoisotopic (exact) mass is 358 g/mol. The highest BCUT2D eigenvalue weighted by atomic mass is 19.1. The first-order valence-electron chi connectivity index (χ1n) is 9.21. The van der Waals surface area contributed by atoms with E-state index < -0.39 is 5.82 Å². The van der Waals surface area contributed by atoms with Gasteiger partial charge in [-0.15, -0.1) is 0 Å². The number of nitrogens with two attached hydrogens (primary N) is 1. The van der Waals surface area contributed by atoms with E-state index in [2.05, 4.69) is 38.5 Å². The van der Waals surface area contributed by atoms with Crippen molar-refractivity contribution in [3.63, 3.8) is 0 Å². The summed E-state index contributed by atoms with van der Waals surface area (Å²) in [5.74, 6) is 1.03. The number of hydrogen-bond donors (Lipinski definition) is 3. The van der Waals surface area contributed by atoms with Crippen LogP contribution in [-0.4, -0.2) is 36.1 Å². The Morgan fingerprint density at radius 2 is 2.15 bits per heavy atom. The molecule has 1 unspecified atom stereocenters. The van der Waals surface area contributed by atoms with Crippen LogP contribution >= 0.6 is 0 Å². The normalized spacial score (nSPS) is 16.9. The van der Waals surface area contributed by atoms with Crippen LogP contribution in [0.3, 0.4) is 0 Å². The molecule has 1 fully saturated rings. The van der Waals surface area contributed by atoms with Crippen molar-refractivity contribution in [3.8, 4) is 0 Å². The lowest BCUT2D eigenvalue weighted by Gasteiger charge is -2.19. The highest BCUT2D eigenvalue weighted by Crippen LogP contribution is 2.24. The van der Waals surface area contributed by atoms with Crippen molar-refractivity contribution in [1.29, 1.82) is 0 Å². The molecule has 0 aliphatic carbocycles. The van der Waals surface area contributed by atoms with Gasteiger partial charge in [0.05, 0.1) is 5.69 Å². The van der Waals surface area contributed by atoms with Crippen LogP contribution in [0.1, 0.15) is 31.9 Å². The Morgan fingerprint density at radius 1 is 1.31 bits per heavy atom. The maximum Gasteiger partial charge on any atom is 0.229 e. The summed E-state index contributed by atoms with van der Waals surface area (Å²) in [6.07, 6.45) is 4.21. The lowest BCUT2D eigenvalue weighted by Crippen LogP contribution is -2.30. The summed E-state index contributed by atoms with van der Waals surface area (Å²) in [4.78, 5) is 11.6. The molecule has 6 nitrogen and oxygen atoms in total. The van der Waals surface area contributed by atoms with Crippen LogP contribution in [0.15, 0.2) is 24.3 Å². The number of halogens is 1. The minimum Gasteiger partial charge on any atom is -0.396 e. The summed E-state index contributed by atoms with van der Waals surface area (Å²) in [7, 11) is 1.99. The van der Waals surface area contributed by atoms with Crippen molar-refractivity contribution in [3.05, 3.63) is 35.8 Å². The molecule has 140 valence electrons. The Kier molecular flexibility index (Phi) is 5.88. The van der Waals surface area contributed by atoms with Crippen LogP contribution in [0.5, 0.6) is 0 Å². The molecule has 1 atom stereocenters. The van der Waals surface area contributed by atoms with Crippen LogP contribution in [-0.2, 0) is 6.42 Å². The third-order valence-corrected chi connectivity index (χ3v) is 4.72. The molecule has 1 aromatic carbocycles. The van der Waals surface area contributed by atoms with Crippen LogP contribution in [0, 0.1) is 5.82 Å². The minimum absolute atomic E-state index is 0.105. The summed E-state index contributed by atoms with van der Waals surface area (Å²) in [6.45, 7) is 4.07. The number of benzene rings is 1. The van der Waals surface area contributed by atoms with E-state index in [0.717, 1.165) is 50.3 Å². The molecule has 2 aromatic rings. The molecule has 4 N–H and O–H groups in total. The molecule has 7 heteroatoms. The van der Waals surface area contributed by atoms with Gasteiger partial charge in [0.1, 0.15) is 11.6 Å². The fourth-order valence-electron chi connectivity index (χ4n) is 3.14. The molecule has 0 saturated carbocycles. The molecule has 2 heterocycles. The van der Waals surface area contributed by atoms with Gasteiger partial charge in [-0.3, -0.25) is 0 Å². The number of nitrogens with zero attached hydrogens (tertiary/aromatic N) is 3. The summed E-state index contributed by atoms with van der Waals surface area (Å²) < 4.78 is 13.4. The first-order chi connectivity index (χ1) is 12.6. The Morgan fingerprint density at radius 3 is 2.85 bits per heavy atom. The summed E-state index contributed by atoms with van der Waals surface area (Å²) in [5.41, 5.74) is 7.46. The van der Waals surface area contributed by atoms with E-state index in [4.69, 9.17) is 5.73 Å². The lowest BCUT2D eigenvalue weighted by molar-refractivity contribution is 0.616. The lowest BCUT2D eigenvalue weighted by atomic mass is 10.2. The third-order valence-electron chi connectivity index (χ3n) is 4.72. The van der Waals surface area contributed by atoms with Gasteiger partial charge in [0.25, 0.3) is 0 Å². The quantitative estimate of drug-likeness (QED) is 0.660. The van der Waals surface area contributed by atoms with Crippen molar-refractivity contribution < 1.29 is 4.39 Å². The SMILES string of the molecule is CCCCc1cc(N2CCC(NC)C2)nc(Nc2ccc(F)c(N)c2)n1. The number of hydrogen-bond acceptors (Lipinski definition) is 6. The maximum atomic E-state index is 13.4. The number of aromatic nitrogens is 2.